The van der Waals surface area contributed by atoms with E-state index in [-0.39, 0.29) is 5.82 Å². The van der Waals surface area contributed by atoms with Gasteiger partial charge in [-0.3, -0.25) is 0 Å². The van der Waals surface area contributed by atoms with Gasteiger partial charge in [-0.25, -0.2) is 4.39 Å². The van der Waals surface area contributed by atoms with E-state index in [4.69, 9.17) is 4.74 Å². The van der Waals surface area contributed by atoms with E-state index in [1.165, 1.54) is 37.8 Å². The predicted octanol–water partition coefficient (Wildman–Crippen LogP) is 3.45. The van der Waals surface area contributed by atoms with Crippen molar-refractivity contribution in [2.24, 2.45) is 5.92 Å². The summed E-state index contributed by atoms with van der Waals surface area (Å²) in [6.07, 6.45) is 5.43. The van der Waals surface area contributed by atoms with E-state index in [0.29, 0.717) is 18.3 Å². The van der Waals surface area contributed by atoms with Crippen molar-refractivity contribution in [3.63, 3.8) is 0 Å². The standard InChI is InChI=1S/C15H21FO2/c1-11-8-13(16)6-7-15(11)18-10-14(17)9-12-4-2-3-5-12/h6-8,12,14,17H,2-5,9-10H2,1H3. The Morgan fingerprint density at radius 3 is 2.78 bits per heavy atom. The van der Waals surface area contributed by atoms with Crippen LogP contribution in [-0.2, 0) is 0 Å². The van der Waals surface area contributed by atoms with E-state index in [9.17, 15) is 9.50 Å². The third-order valence-corrected chi connectivity index (χ3v) is 3.65. The molecule has 1 aliphatic carbocycles. The average Bonchev–Trinajstić information content (AvgIpc) is 2.80. The van der Waals surface area contributed by atoms with Crippen LogP contribution in [0.2, 0.25) is 0 Å². The third kappa shape index (κ3) is 3.70. The fraction of sp³-hybridized carbons (Fsp3) is 0.600. The summed E-state index contributed by atoms with van der Waals surface area (Å²) in [4.78, 5) is 0. The van der Waals surface area contributed by atoms with Crippen molar-refractivity contribution in [1.82, 2.24) is 0 Å². The summed E-state index contributed by atoms with van der Waals surface area (Å²) in [6, 6.07) is 4.44. The Hall–Kier alpha value is -1.09. The van der Waals surface area contributed by atoms with E-state index in [1.807, 2.05) is 6.92 Å². The summed E-state index contributed by atoms with van der Waals surface area (Å²) in [7, 11) is 0. The molecule has 1 unspecified atom stereocenters. The van der Waals surface area contributed by atoms with Crippen LogP contribution in [0.5, 0.6) is 5.75 Å². The fourth-order valence-corrected chi connectivity index (χ4v) is 2.66. The quantitative estimate of drug-likeness (QED) is 0.869. The van der Waals surface area contributed by atoms with Gasteiger partial charge in [0.05, 0.1) is 6.10 Å². The molecule has 0 aliphatic heterocycles. The first-order valence-electron chi connectivity index (χ1n) is 6.72. The maximum absolute atomic E-state index is 12.9. The van der Waals surface area contributed by atoms with Crippen LogP contribution in [0.1, 0.15) is 37.7 Å². The summed E-state index contributed by atoms with van der Waals surface area (Å²) in [5.41, 5.74) is 0.767. The first-order valence-corrected chi connectivity index (χ1v) is 6.72. The Kier molecular flexibility index (Phi) is 4.59. The van der Waals surface area contributed by atoms with Gasteiger partial charge in [-0.15, -0.1) is 0 Å². The zero-order valence-corrected chi connectivity index (χ0v) is 10.9. The van der Waals surface area contributed by atoms with Gasteiger partial charge >= 0.3 is 0 Å². The van der Waals surface area contributed by atoms with Crippen LogP contribution in [0.4, 0.5) is 4.39 Å². The van der Waals surface area contributed by atoms with Gasteiger partial charge in [0.2, 0.25) is 0 Å². The highest BCUT2D eigenvalue weighted by molar-refractivity contribution is 5.32. The summed E-state index contributed by atoms with van der Waals surface area (Å²) < 4.78 is 18.5. The molecule has 2 rings (SSSR count). The van der Waals surface area contributed by atoms with Gasteiger partial charge in [0, 0.05) is 0 Å². The lowest BCUT2D eigenvalue weighted by atomic mass is 10.0. The smallest absolute Gasteiger partial charge is 0.123 e. The number of rotatable bonds is 5. The third-order valence-electron chi connectivity index (χ3n) is 3.65. The molecule has 0 spiro atoms. The lowest BCUT2D eigenvalue weighted by Gasteiger charge is -2.17. The van der Waals surface area contributed by atoms with E-state index in [0.717, 1.165) is 12.0 Å². The van der Waals surface area contributed by atoms with E-state index >= 15 is 0 Å². The Bertz CT molecular complexity index is 386. The van der Waals surface area contributed by atoms with E-state index in [1.54, 1.807) is 6.07 Å². The van der Waals surface area contributed by atoms with Gasteiger partial charge in [-0.2, -0.15) is 0 Å². The molecular formula is C15H21FO2. The van der Waals surface area contributed by atoms with Crippen LogP contribution in [0, 0.1) is 18.7 Å². The monoisotopic (exact) mass is 252 g/mol. The normalized spacial score (nSPS) is 17.9. The molecule has 0 saturated heterocycles. The van der Waals surface area contributed by atoms with E-state index < -0.39 is 6.10 Å². The highest BCUT2D eigenvalue weighted by Gasteiger charge is 2.19. The Morgan fingerprint density at radius 2 is 2.11 bits per heavy atom. The molecule has 0 amide bonds. The van der Waals surface area contributed by atoms with Gasteiger partial charge in [0.15, 0.2) is 0 Å². The van der Waals surface area contributed by atoms with E-state index in [2.05, 4.69) is 0 Å². The second kappa shape index (κ2) is 6.19. The maximum Gasteiger partial charge on any atom is 0.123 e. The molecule has 0 radical (unpaired) electrons. The van der Waals surface area contributed by atoms with Gasteiger partial charge in [-0.05, 0) is 43.0 Å². The zero-order valence-electron chi connectivity index (χ0n) is 10.9. The van der Waals surface area contributed by atoms with Crippen LogP contribution in [-0.4, -0.2) is 17.8 Å². The molecule has 1 N–H and O–H groups in total. The Balaban J connectivity index is 1.79. The number of hydrogen-bond donors (Lipinski definition) is 1. The predicted molar refractivity (Wildman–Crippen MR) is 69.2 cm³/mol. The molecule has 3 heteroatoms. The van der Waals surface area contributed by atoms with Gasteiger partial charge < -0.3 is 9.84 Å². The molecule has 1 aromatic carbocycles. The van der Waals surface area contributed by atoms with Crippen LogP contribution in [0.25, 0.3) is 0 Å². The minimum absolute atomic E-state index is 0.258. The summed E-state index contributed by atoms with van der Waals surface area (Å²) >= 11 is 0. The Morgan fingerprint density at radius 1 is 1.39 bits per heavy atom. The number of benzene rings is 1. The van der Waals surface area contributed by atoms with Crippen molar-refractivity contribution in [2.45, 2.75) is 45.1 Å². The van der Waals surface area contributed by atoms with Crippen LogP contribution in [0.15, 0.2) is 18.2 Å². The minimum Gasteiger partial charge on any atom is -0.491 e. The number of aliphatic hydroxyl groups is 1. The number of aryl methyl sites for hydroxylation is 1. The van der Waals surface area contributed by atoms with Crippen LogP contribution >= 0.6 is 0 Å². The lowest BCUT2D eigenvalue weighted by Crippen LogP contribution is -2.20. The minimum atomic E-state index is -0.419. The highest BCUT2D eigenvalue weighted by atomic mass is 19.1. The molecular weight excluding hydrogens is 231 g/mol. The van der Waals surface area contributed by atoms with Crippen molar-refractivity contribution in [3.8, 4) is 5.75 Å². The van der Waals surface area contributed by atoms with Crippen molar-refractivity contribution >= 4 is 0 Å². The molecule has 1 atom stereocenters. The molecule has 0 bridgehead atoms. The second-order valence-corrected chi connectivity index (χ2v) is 5.26. The number of aliphatic hydroxyl groups excluding tert-OH is 1. The molecule has 100 valence electrons. The first kappa shape index (κ1) is 13.3. The van der Waals surface area contributed by atoms with Gasteiger partial charge in [0.1, 0.15) is 18.2 Å². The van der Waals surface area contributed by atoms with Gasteiger partial charge in [-0.1, -0.05) is 25.7 Å². The van der Waals surface area contributed by atoms with Gasteiger partial charge in [0.25, 0.3) is 0 Å². The maximum atomic E-state index is 12.9. The van der Waals surface area contributed by atoms with Crippen LogP contribution in [0.3, 0.4) is 0 Å². The van der Waals surface area contributed by atoms with Crippen molar-refractivity contribution in [2.75, 3.05) is 6.61 Å². The topological polar surface area (TPSA) is 29.5 Å². The number of hydrogen-bond acceptors (Lipinski definition) is 2. The fourth-order valence-electron chi connectivity index (χ4n) is 2.66. The highest BCUT2D eigenvalue weighted by Crippen LogP contribution is 2.28. The number of ether oxygens (including phenoxy) is 1. The summed E-state index contributed by atoms with van der Waals surface area (Å²) in [6.45, 7) is 2.10. The molecule has 0 heterocycles. The first-order chi connectivity index (χ1) is 8.65. The number of halogens is 1. The molecule has 2 nitrogen and oxygen atoms in total. The molecule has 1 fully saturated rings. The zero-order chi connectivity index (χ0) is 13.0. The SMILES string of the molecule is Cc1cc(F)ccc1OCC(O)CC1CCCC1. The molecule has 18 heavy (non-hydrogen) atoms. The average molecular weight is 252 g/mol. The largest absolute Gasteiger partial charge is 0.491 e. The van der Waals surface area contributed by atoms with Crippen molar-refractivity contribution in [3.05, 3.63) is 29.6 Å². The molecule has 1 aromatic rings. The molecule has 1 saturated carbocycles. The molecule has 1 aliphatic rings. The summed E-state index contributed by atoms with van der Waals surface area (Å²) in [5.74, 6) is 1.05. The second-order valence-electron chi connectivity index (χ2n) is 5.26. The van der Waals surface area contributed by atoms with Crippen LogP contribution < -0.4 is 4.74 Å². The Labute approximate surface area is 108 Å². The summed E-state index contributed by atoms with van der Waals surface area (Å²) in [5, 5.41) is 9.92. The van der Waals surface area contributed by atoms with Crippen molar-refractivity contribution in [1.29, 1.82) is 0 Å². The molecule has 0 aromatic heterocycles. The van der Waals surface area contributed by atoms with Crippen molar-refractivity contribution < 1.29 is 14.2 Å². The lowest BCUT2D eigenvalue weighted by molar-refractivity contribution is 0.0852.